The molecule has 0 amide bonds. The molecule has 6 heteroatoms. The van der Waals surface area contributed by atoms with Crippen LogP contribution < -0.4 is 22.8 Å². The van der Waals surface area contributed by atoms with Crippen molar-refractivity contribution in [2.45, 2.75) is 0 Å². The first-order valence-corrected chi connectivity index (χ1v) is 10.1. The lowest BCUT2D eigenvalue weighted by Gasteiger charge is -2.13. The molecule has 0 radical (unpaired) electrons. The molecule has 4 aromatic rings. The van der Waals surface area contributed by atoms with Gasteiger partial charge in [0.25, 0.3) is 5.75 Å². The number of pyridine rings is 1. The summed E-state index contributed by atoms with van der Waals surface area (Å²) in [4.78, 5) is 0. The van der Waals surface area contributed by atoms with E-state index in [9.17, 15) is 14.0 Å². The molecule has 0 bridgehead atoms. The number of hydrogen-bond acceptors (Lipinski definition) is 4. The molecule has 0 saturated heterocycles. The molecule has 0 atom stereocenters. The summed E-state index contributed by atoms with van der Waals surface area (Å²) < 4.78 is 39.6. The van der Waals surface area contributed by atoms with Crippen molar-refractivity contribution in [2.75, 3.05) is 0 Å². The number of nitrogens with zero attached hydrogens (tertiary/aromatic N) is 1. The van der Waals surface area contributed by atoms with Gasteiger partial charge in [-0.15, -0.1) is 0 Å². The Bertz CT molecular complexity index is 1170. The first kappa shape index (κ1) is 19.1. The minimum Gasteiger partial charge on any atom is -0.167 e. The van der Waals surface area contributed by atoms with Crippen LogP contribution in [0.25, 0.3) is 28.7 Å². The average molecular weight is 407 g/mol. The van der Waals surface area contributed by atoms with E-state index in [1.54, 1.807) is 24.3 Å². The van der Waals surface area contributed by atoms with Crippen molar-refractivity contribution >= 4 is 23.1 Å². The zero-order chi connectivity index (χ0) is 20.3. The monoisotopic (exact) mass is 406 g/mol. The Morgan fingerprint density at radius 3 is 2.17 bits per heavy atom. The number of halogens is 1. The van der Waals surface area contributed by atoms with Gasteiger partial charge in [-0.05, 0) is 24.3 Å². The highest BCUT2D eigenvalue weighted by Crippen LogP contribution is 2.23. The highest BCUT2D eigenvalue weighted by molar-refractivity contribution is 5.78. The van der Waals surface area contributed by atoms with E-state index >= 15 is 0 Å². The van der Waals surface area contributed by atoms with Crippen molar-refractivity contribution in [3.05, 3.63) is 102 Å². The van der Waals surface area contributed by atoms with Crippen molar-refractivity contribution in [1.82, 2.24) is 0 Å². The molecule has 0 spiro atoms. The van der Waals surface area contributed by atoms with Crippen molar-refractivity contribution in [3.63, 3.8) is 0 Å². The van der Waals surface area contributed by atoms with E-state index in [0.717, 1.165) is 22.3 Å². The summed E-state index contributed by atoms with van der Waals surface area (Å²) in [7, 11) is -4.56. The second kappa shape index (κ2) is 8.03. The number of benzene rings is 3. The normalized spacial score (nSPS) is 11.8. The lowest BCUT2D eigenvalue weighted by atomic mass is 10.1. The zero-order valence-electron chi connectivity index (χ0n) is 15.3. The van der Waals surface area contributed by atoms with Crippen LogP contribution in [-0.4, -0.2) is 0 Å². The van der Waals surface area contributed by atoms with Crippen LogP contribution in [-0.2, 0) is 0 Å². The van der Waals surface area contributed by atoms with Gasteiger partial charge in [0.15, 0.2) is 0 Å². The molecule has 0 unspecified atom stereocenters. The van der Waals surface area contributed by atoms with Crippen LogP contribution in [0.1, 0.15) is 11.3 Å². The van der Waals surface area contributed by atoms with Gasteiger partial charge in [-0.2, -0.15) is 18.5 Å². The molecule has 0 aliphatic rings. The molecule has 1 aromatic heterocycles. The summed E-state index contributed by atoms with van der Waals surface area (Å²) in [6.07, 6.45) is 3.58. The molecular weight excluding hydrogens is 390 g/mol. The number of para-hydroxylation sites is 3. The van der Waals surface area contributed by atoms with E-state index in [-0.39, 0.29) is 5.75 Å². The molecule has 1 heterocycles. The van der Waals surface area contributed by atoms with Crippen LogP contribution in [0.2, 0.25) is 0 Å². The molecule has 0 aliphatic heterocycles. The Balaban J connectivity index is 1.82. The van der Waals surface area contributed by atoms with E-state index in [1.165, 1.54) is 6.07 Å². The Morgan fingerprint density at radius 1 is 0.690 bits per heavy atom. The Morgan fingerprint density at radius 2 is 1.38 bits per heavy atom. The number of rotatable bonds is 5. The third-order valence-electron chi connectivity index (χ3n) is 4.41. The summed E-state index contributed by atoms with van der Waals surface area (Å²) in [6.45, 7) is 0. The van der Waals surface area contributed by atoms with Crippen molar-refractivity contribution in [2.24, 2.45) is 0 Å². The van der Waals surface area contributed by atoms with Gasteiger partial charge in [0, 0.05) is 41.3 Å². The van der Waals surface area contributed by atoms with Crippen molar-refractivity contribution in [1.29, 1.82) is 0 Å². The molecule has 0 fully saturated rings. The van der Waals surface area contributed by atoms with E-state index < -0.39 is 10.2 Å². The lowest BCUT2D eigenvalue weighted by molar-refractivity contribution is -1.91. The Kier molecular flexibility index (Phi) is 5.29. The van der Waals surface area contributed by atoms with Gasteiger partial charge < -0.3 is 0 Å². The molecule has 144 valence electrons. The summed E-state index contributed by atoms with van der Waals surface area (Å²) >= 11 is 0. The van der Waals surface area contributed by atoms with E-state index in [1.807, 2.05) is 72.8 Å². The summed E-state index contributed by atoms with van der Waals surface area (Å²) in [5.41, 5.74) is 3.39. The predicted molar refractivity (Wildman–Crippen MR) is 101 cm³/mol. The molecule has 4 rings (SSSR count). The Labute approximate surface area is 170 Å². The number of fused-ring (bicyclic) bond motifs is 1. The summed E-state index contributed by atoms with van der Waals surface area (Å²) in [5.74, 6) is -0.0209. The van der Waals surface area contributed by atoms with Crippen LogP contribution >= 0.6 is 0 Å². The smallest absolute Gasteiger partial charge is 0.167 e. The van der Waals surface area contributed by atoms with E-state index in [2.05, 4.69) is 8.86 Å². The van der Waals surface area contributed by atoms with E-state index in [4.69, 9.17) is 0 Å². The van der Waals surface area contributed by atoms with Gasteiger partial charge >= 0.3 is 0 Å². The molecule has 0 saturated carbocycles. The summed E-state index contributed by atoms with van der Waals surface area (Å²) in [5, 5.41) is 1.09. The van der Waals surface area contributed by atoms with Gasteiger partial charge in [-0.1, -0.05) is 52.8 Å². The van der Waals surface area contributed by atoms with Crippen LogP contribution in [0.5, 0.6) is 5.75 Å². The van der Waals surface area contributed by atoms with Gasteiger partial charge in [0.1, 0.15) is 10.2 Å². The minimum absolute atomic E-state index is 0.0209. The first-order chi connectivity index (χ1) is 14.0. The highest BCUT2D eigenvalue weighted by Gasteiger charge is 2.22. The molecule has 3 aromatic carbocycles. The van der Waals surface area contributed by atoms with Crippen LogP contribution in [0.15, 0.2) is 91.0 Å². The molecule has 0 N–H and O–H groups in total. The summed E-state index contributed by atoms with van der Waals surface area (Å²) in [6, 6.07) is 28.5. The fourth-order valence-electron chi connectivity index (χ4n) is 3.18. The molecule has 0 aliphatic carbocycles. The maximum absolute atomic E-state index is 11.0. The second-order valence-corrected chi connectivity index (χ2v) is 7.22. The quantitative estimate of drug-likeness (QED) is 0.471. The fourth-order valence-corrected chi connectivity index (χ4v) is 3.53. The molecule has 29 heavy (non-hydrogen) atoms. The lowest BCUT2D eigenvalue weighted by Crippen LogP contribution is -2.63. The fraction of sp³-hybridized carbons (Fsp3) is 0. The SMILES string of the molecule is [O-][Cl+3]([O-])([O-])Oc1ccccc1C=Cc1ccc2ccccc2[n+]1-c1ccccc1. The first-order valence-electron chi connectivity index (χ1n) is 8.88. The number of aromatic nitrogens is 1. The molecule has 5 nitrogen and oxygen atoms in total. The van der Waals surface area contributed by atoms with Crippen LogP contribution in [0, 0.1) is 10.2 Å². The van der Waals surface area contributed by atoms with Gasteiger partial charge in [-0.3, -0.25) is 0 Å². The van der Waals surface area contributed by atoms with Gasteiger partial charge in [0.05, 0.1) is 0 Å². The van der Waals surface area contributed by atoms with Crippen LogP contribution in [0.4, 0.5) is 0 Å². The van der Waals surface area contributed by atoms with Gasteiger partial charge in [0.2, 0.25) is 16.9 Å². The van der Waals surface area contributed by atoms with E-state index in [0.29, 0.717) is 5.56 Å². The maximum Gasteiger partial charge on any atom is 0.295 e. The van der Waals surface area contributed by atoms with Crippen molar-refractivity contribution in [3.8, 4) is 11.4 Å². The maximum atomic E-state index is 11.0. The van der Waals surface area contributed by atoms with Crippen molar-refractivity contribution < 1.29 is 33.1 Å². The molecular formula is C23H17ClNO4+. The second-order valence-electron chi connectivity index (χ2n) is 6.31. The third kappa shape index (κ3) is 4.45. The average Bonchev–Trinajstić information content (AvgIpc) is 2.72. The Hall–Kier alpha value is -3.22. The standard InChI is InChI=1S/C23H17ClNO4/c26-24(27,28)29-23-13-7-5-9-19(23)15-17-21-16-14-18-8-4-6-12-22(18)25(21)20-10-2-1-3-11-20/h1-17H/q+1. The minimum atomic E-state index is -4.56. The largest absolute Gasteiger partial charge is 0.295 e. The topological polar surface area (TPSA) is 82.3 Å². The third-order valence-corrected chi connectivity index (χ3v) is 4.77. The predicted octanol–water partition coefficient (Wildman–Crippen LogP) is 1.56. The highest BCUT2D eigenvalue weighted by atomic mass is 35.7. The zero-order valence-corrected chi connectivity index (χ0v) is 16.0. The van der Waals surface area contributed by atoms with Gasteiger partial charge in [-0.25, -0.2) is 0 Å². The van der Waals surface area contributed by atoms with Crippen LogP contribution in [0.3, 0.4) is 0 Å². The number of hydrogen-bond donors (Lipinski definition) is 0.